The third kappa shape index (κ3) is 2.37. The lowest BCUT2D eigenvalue weighted by Crippen LogP contribution is -2.13. The largest absolute Gasteiger partial charge is 0.416 e. The lowest BCUT2D eigenvalue weighted by molar-refractivity contribution is -0.137. The van der Waals surface area contributed by atoms with Crippen molar-refractivity contribution in [3.8, 4) is 5.69 Å². The summed E-state index contributed by atoms with van der Waals surface area (Å²) in [6, 6.07) is 4.22. The first-order valence-corrected chi connectivity index (χ1v) is 5.11. The summed E-state index contributed by atoms with van der Waals surface area (Å²) < 4.78 is 38.3. The van der Waals surface area contributed by atoms with Crippen molar-refractivity contribution in [1.29, 1.82) is 0 Å². The molecule has 0 aliphatic rings. The summed E-state index contributed by atoms with van der Waals surface area (Å²) in [5.74, 6) is -0.775. The summed E-state index contributed by atoms with van der Waals surface area (Å²) in [4.78, 5) is 11.0. The molecule has 2 rings (SSSR count). The van der Waals surface area contributed by atoms with E-state index in [1.54, 1.807) is 0 Å². The third-order valence-electron chi connectivity index (χ3n) is 2.51. The highest BCUT2D eigenvalue weighted by Gasteiger charge is 2.30. The zero-order valence-corrected chi connectivity index (χ0v) is 9.48. The van der Waals surface area contributed by atoms with Gasteiger partial charge in [0.05, 0.1) is 17.4 Å². The Hall–Kier alpha value is -2.51. The molecule has 1 amide bonds. The predicted molar refractivity (Wildman–Crippen MR) is 61.5 cm³/mol. The molecule has 5 nitrogen and oxygen atoms in total. The molecule has 0 saturated carbocycles. The second-order valence-electron chi connectivity index (χ2n) is 3.76. The van der Waals surface area contributed by atoms with Gasteiger partial charge in [-0.05, 0) is 24.3 Å². The van der Waals surface area contributed by atoms with Crippen LogP contribution in [0.5, 0.6) is 0 Å². The molecule has 19 heavy (non-hydrogen) atoms. The molecule has 100 valence electrons. The number of nitrogen functional groups attached to an aromatic ring is 1. The first kappa shape index (κ1) is 12.9. The van der Waals surface area contributed by atoms with Crippen molar-refractivity contribution >= 4 is 11.7 Å². The molecule has 0 saturated heterocycles. The van der Waals surface area contributed by atoms with Gasteiger partial charge in [-0.1, -0.05) is 0 Å². The van der Waals surface area contributed by atoms with Gasteiger partial charge in [0, 0.05) is 0 Å². The number of hydrogen-bond acceptors (Lipinski definition) is 3. The molecule has 0 aliphatic heterocycles. The highest BCUT2D eigenvalue weighted by atomic mass is 19.4. The molecule has 0 bridgehead atoms. The van der Waals surface area contributed by atoms with Crippen molar-refractivity contribution in [3.63, 3.8) is 0 Å². The number of halogens is 3. The molecule has 1 aromatic carbocycles. The van der Waals surface area contributed by atoms with Gasteiger partial charge in [0.25, 0.3) is 5.91 Å². The molecular formula is C11H9F3N4O. The van der Waals surface area contributed by atoms with Crippen molar-refractivity contribution < 1.29 is 18.0 Å². The minimum absolute atomic E-state index is 0.0138. The van der Waals surface area contributed by atoms with Crippen LogP contribution >= 0.6 is 0 Å². The van der Waals surface area contributed by atoms with Crippen molar-refractivity contribution in [2.24, 2.45) is 5.73 Å². The Morgan fingerprint density at radius 2 is 1.79 bits per heavy atom. The first-order valence-electron chi connectivity index (χ1n) is 5.11. The van der Waals surface area contributed by atoms with E-state index >= 15 is 0 Å². The van der Waals surface area contributed by atoms with Gasteiger partial charge in [0.1, 0.15) is 11.4 Å². The smallest absolute Gasteiger partial charge is 0.383 e. The summed E-state index contributed by atoms with van der Waals surface area (Å²) in [6.07, 6.45) is -3.25. The van der Waals surface area contributed by atoms with Gasteiger partial charge in [-0.2, -0.15) is 18.3 Å². The maximum Gasteiger partial charge on any atom is 0.416 e. The lowest BCUT2D eigenvalue weighted by Gasteiger charge is -2.08. The van der Waals surface area contributed by atoms with Crippen LogP contribution in [0, 0.1) is 0 Å². The second-order valence-corrected chi connectivity index (χ2v) is 3.76. The number of anilines is 1. The average molecular weight is 270 g/mol. The molecule has 0 spiro atoms. The van der Waals surface area contributed by atoms with Gasteiger partial charge >= 0.3 is 6.18 Å². The van der Waals surface area contributed by atoms with Crippen molar-refractivity contribution in [2.75, 3.05) is 5.73 Å². The van der Waals surface area contributed by atoms with Crippen LogP contribution < -0.4 is 11.5 Å². The summed E-state index contributed by atoms with van der Waals surface area (Å²) in [7, 11) is 0. The monoisotopic (exact) mass is 270 g/mol. The number of aromatic nitrogens is 2. The Bertz CT molecular complexity index is 616. The van der Waals surface area contributed by atoms with Crippen LogP contribution in [-0.2, 0) is 6.18 Å². The van der Waals surface area contributed by atoms with Crippen LogP contribution in [0.3, 0.4) is 0 Å². The van der Waals surface area contributed by atoms with Crippen molar-refractivity contribution in [3.05, 3.63) is 41.6 Å². The molecular weight excluding hydrogens is 261 g/mol. The molecule has 0 aliphatic carbocycles. The SMILES string of the molecule is NC(=O)c1cnn(-c2ccc(C(F)(F)F)cc2)c1N. The van der Waals surface area contributed by atoms with Crippen molar-refractivity contribution in [2.45, 2.75) is 6.18 Å². The number of rotatable bonds is 2. The van der Waals surface area contributed by atoms with Crippen LogP contribution in [0.1, 0.15) is 15.9 Å². The molecule has 8 heteroatoms. The van der Waals surface area contributed by atoms with E-state index in [2.05, 4.69) is 5.10 Å². The predicted octanol–water partition coefficient (Wildman–Crippen LogP) is 1.57. The van der Waals surface area contributed by atoms with E-state index in [1.807, 2.05) is 0 Å². The quantitative estimate of drug-likeness (QED) is 0.868. The fraction of sp³-hybridized carbons (Fsp3) is 0.0909. The Morgan fingerprint density at radius 3 is 2.21 bits per heavy atom. The van der Waals surface area contributed by atoms with E-state index in [0.717, 1.165) is 23.0 Å². The number of carbonyl (C=O) groups excluding carboxylic acids is 1. The van der Waals surface area contributed by atoms with Crippen LogP contribution in [0.4, 0.5) is 19.0 Å². The maximum absolute atomic E-state index is 12.4. The summed E-state index contributed by atoms with van der Waals surface area (Å²) in [5, 5.41) is 3.81. The normalized spacial score (nSPS) is 11.5. The van der Waals surface area contributed by atoms with Gasteiger partial charge in [-0.3, -0.25) is 4.79 Å². The second kappa shape index (κ2) is 4.30. The first-order chi connectivity index (χ1) is 8.80. The minimum Gasteiger partial charge on any atom is -0.383 e. The van der Waals surface area contributed by atoms with Gasteiger partial charge in [0.2, 0.25) is 0 Å². The zero-order chi connectivity index (χ0) is 14.2. The van der Waals surface area contributed by atoms with E-state index < -0.39 is 17.6 Å². The molecule has 0 fully saturated rings. The minimum atomic E-state index is -4.41. The van der Waals surface area contributed by atoms with E-state index in [0.29, 0.717) is 5.69 Å². The number of hydrogen-bond donors (Lipinski definition) is 2. The van der Waals surface area contributed by atoms with E-state index in [4.69, 9.17) is 11.5 Å². The molecule has 1 heterocycles. The fourth-order valence-corrected chi connectivity index (χ4v) is 1.55. The third-order valence-corrected chi connectivity index (χ3v) is 2.51. The van der Waals surface area contributed by atoms with Gasteiger partial charge in [0.15, 0.2) is 0 Å². The standard InChI is InChI=1S/C11H9F3N4O/c12-11(13,14)6-1-3-7(4-2-6)18-9(15)8(5-17-18)10(16)19/h1-5H,15H2,(H2,16,19). The van der Waals surface area contributed by atoms with Crippen LogP contribution in [0.25, 0.3) is 5.69 Å². The summed E-state index contributed by atoms with van der Waals surface area (Å²) >= 11 is 0. The highest BCUT2D eigenvalue weighted by molar-refractivity contribution is 5.97. The van der Waals surface area contributed by atoms with Gasteiger partial charge in [-0.15, -0.1) is 0 Å². The Kier molecular flexibility index (Phi) is 2.93. The number of amides is 1. The van der Waals surface area contributed by atoms with E-state index in [-0.39, 0.29) is 11.4 Å². The molecule has 4 N–H and O–H groups in total. The number of nitrogens with zero attached hydrogens (tertiary/aromatic N) is 2. The number of primary amides is 1. The van der Waals surface area contributed by atoms with Crippen LogP contribution in [0.15, 0.2) is 30.5 Å². The number of nitrogens with two attached hydrogens (primary N) is 2. The lowest BCUT2D eigenvalue weighted by atomic mass is 10.2. The van der Waals surface area contributed by atoms with E-state index in [9.17, 15) is 18.0 Å². The summed E-state index contributed by atoms with van der Waals surface area (Å²) in [5.41, 5.74) is 10.2. The Balaban J connectivity index is 2.41. The Labute approximate surface area is 105 Å². The molecule has 0 atom stereocenters. The van der Waals surface area contributed by atoms with Gasteiger partial charge in [-0.25, -0.2) is 4.68 Å². The molecule has 0 radical (unpaired) electrons. The van der Waals surface area contributed by atoms with Gasteiger partial charge < -0.3 is 11.5 Å². The van der Waals surface area contributed by atoms with Crippen LogP contribution in [0.2, 0.25) is 0 Å². The van der Waals surface area contributed by atoms with Crippen molar-refractivity contribution in [1.82, 2.24) is 9.78 Å². The highest BCUT2D eigenvalue weighted by Crippen LogP contribution is 2.29. The number of alkyl halides is 3. The Morgan fingerprint density at radius 1 is 1.21 bits per heavy atom. The molecule has 0 unspecified atom stereocenters. The number of benzene rings is 1. The maximum atomic E-state index is 12.4. The average Bonchev–Trinajstić information content (AvgIpc) is 2.70. The zero-order valence-electron chi connectivity index (χ0n) is 9.48. The fourth-order valence-electron chi connectivity index (χ4n) is 1.55. The summed E-state index contributed by atoms with van der Waals surface area (Å²) in [6.45, 7) is 0. The molecule has 2 aromatic rings. The van der Waals surface area contributed by atoms with E-state index in [1.165, 1.54) is 12.1 Å². The molecule has 1 aromatic heterocycles. The number of carbonyl (C=O) groups is 1. The van der Waals surface area contributed by atoms with Crippen LogP contribution in [-0.4, -0.2) is 15.7 Å². The topological polar surface area (TPSA) is 86.9 Å².